The normalized spacial score (nSPS) is 25.2. The van der Waals surface area contributed by atoms with E-state index in [1.165, 1.54) is 16.7 Å². The third-order valence-electron chi connectivity index (χ3n) is 1.94. The Morgan fingerprint density at radius 2 is 2.38 bits per heavy atom. The number of carbonyl (C=O) groups is 2. The van der Waals surface area contributed by atoms with Gasteiger partial charge in [-0.15, -0.1) is 11.8 Å². The summed E-state index contributed by atoms with van der Waals surface area (Å²) in [7, 11) is 0. The van der Waals surface area contributed by atoms with Crippen LogP contribution in [0.1, 0.15) is 6.42 Å². The summed E-state index contributed by atoms with van der Waals surface area (Å²) in [6.07, 6.45) is 2.17. The zero-order valence-corrected chi connectivity index (χ0v) is 9.97. The Morgan fingerprint density at radius 3 is 3.00 bits per heavy atom. The van der Waals surface area contributed by atoms with Gasteiger partial charge in [0.2, 0.25) is 5.91 Å². The molecule has 0 saturated carbocycles. The van der Waals surface area contributed by atoms with E-state index in [0.717, 1.165) is 0 Å². The van der Waals surface area contributed by atoms with Crippen LogP contribution in [0.3, 0.4) is 0 Å². The van der Waals surface area contributed by atoms with Crippen LogP contribution < -0.4 is 34.7 Å². The smallest absolute Gasteiger partial charge is 0.543 e. The number of fused-ring (bicyclic) bond motifs is 1. The average Bonchev–Trinajstić information content (AvgIpc) is 2.53. The van der Waals surface area contributed by atoms with E-state index in [9.17, 15) is 14.7 Å². The van der Waals surface area contributed by atoms with Gasteiger partial charge in [-0.05, 0) is 6.42 Å². The molecule has 0 aromatic carbocycles. The summed E-state index contributed by atoms with van der Waals surface area (Å²) in [5.74, 6) is -0.999. The molecule has 1 saturated heterocycles. The first kappa shape index (κ1) is 11.1. The van der Waals surface area contributed by atoms with E-state index in [0.29, 0.717) is 12.2 Å². The summed E-state index contributed by atoms with van der Waals surface area (Å²) < 4.78 is 0. The second-order valence-corrected chi connectivity index (χ2v) is 3.81. The Morgan fingerprint density at radius 1 is 1.69 bits per heavy atom. The molecule has 2 aliphatic rings. The SMILES string of the molecule is O=C([O-])C1=CCC2SCC(=O)N12.[Na+]. The van der Waals surface area contributed by atoms with E-state index in [4.69, 9.17) is 0 Å². The quantitative estimate of drug-likeness (QED) is 0.410. The third kappa shape index (κ3) is 1.79. The van der Waals surface area contributed by atoms with Gasteiger partial charge in [0.05, 0.1) is 22.8 Å². The molecule has 2 rings (SSSR count). The second kappa shape index (κ2) is 4.04. The van der Waals surface area contributed by atoms with Crippen molar-refractivity contribution in [1.82, 2.24) is 4.90 Å². The van der Waals surface area contributed by atoms with Crippen LogP contribution in [0.25, 0.3) is 0 Å². The first-order chi connectivity index (χ1) is 5.70. The number of carboxylic acid groups (broad SMARTS) is 1. The van der Waals surface area contributed by atoms with Gasteiger partial charge in [0.1, 0.15) is 0 Å². The van der Waals surface area contributed by atoms with Crippen molar-refractivity contribution >= 4 is 23.6 Å². The van der Waals surface area contributed by atoms with Gasteiger partial charge in [0.15, 0.2) is 0 Å². The van der Waals surface area contributed by atoms with E-state index >= 15 is 0 Å². The molecule has 6 heteroatoms. The van der Waals surface area contributed by atoms with Crippen LogP contribution in [0.2, 0.25) is 0 Å². The number of thioether (sulfide) groups is 1. The van der Waals surface area contributed by atoms with E-state index in [-0.39, 0.29) is 46.5 Å². The molecule has 1 fully saturated rings. The van der Waals surface area contributed by atoms with Crippen LogP contribution in [0.4, 0.5) is 0 Å². The van der Waals surface area contributed by atoms with Crippen LogP contribution in [0.15, 0.2) is 11.8 Å². The molecule has 0 radical (unpaired) electrons. The molecule has 0 aromatic heterocycles. The van der Waals surface area contributed by atoms with Crippen LogP contribution in [-0.4, -0.2) is 27.9 Å². The minimum Gasteiger partial charge on any atom is -0.543 e. The van der Waals surface area contributed by atoms with E-state index in [1.807, 2.05) is 0 Å². The molecule has 1 amide bonds. The van der Waals surface area contributed by atoms with Crippen molar-refractivity contribution in [3.63, 3.8) is 0 Å². The summed E-state index contributed by atoms with van der Waals surface area (Å²) in [6.45, 7) is 0. The molecular formula is C7H6NNaO3S. The van der Waals surface area contributed by atoms with Gasteiger partial charge in [-0.25, -0.2) is 0 Å². The van der Waals surface area contributed by atoms with Crippen molar-refractivity contribution in [2.75, 3.05) is 5.75 Å². The Kier molecular flexibility index (Phi) is 3.45. The van der Waals surface area contributed by atoms with Gasteiger partial charge >= 0.3 is 29.6 Å². The molecule has 64 valence electrons. The molecule has 0 N–H and O–H groups in total. The van der Waals surface area contributed by atoms with Crippen molar-refractivity contribution in [2.45, 2.75) is 11.8 Å². The van der Waals surface area contributed by atoms with Gasteiger partial charge in [0, 0.05) is 0 Å². The number of nitrogens with zero attached hydrogens (tertiary/aromatic N) is 1. The number of hydrogen-bond donors (Lipinski definition) is 0. The average molecular weight is 207 g/mol. The molecule has 4 nitrogen and oxygen atoms in total. The van der Waals surface area contributed by atoms with Crippen molar-refractivity contribution in [2.24, 2.45) is 0 Å². The summed E-state index contributed by atoms with van der Waals surface area (Å²) in [4.78, 5) is 23.0. The molecule has 0 aromatic rings. The fourth-order valence-corrected chi connectivity index (χ4v) is 2.51. The first-order valence-electron chi connectivity index (χ1n) is 3.55. The summed E-state index contributed by atoms with van der Waals surface area (Å²) in [6, 6.07) is 0. The van der Waals surface area contributed by atoms with Crippen molar-refractivity contribution in [3.8, 4) is 0 Å². The van der Waals surface area contributed by atoms with E-state index in [2.05, 4.69) is 0 Å². The predicted molar refractivity (Wildman–Crippen MR) is 40.8 cm³/mol. The second-order valence-electron chi connectivity index (χ2n) is 2.64. The standard InChI is InChI=1S/C7H7NO3S.Na/c9-5-3-12-6-2-1-4(7(10)11)8(5)6;/h1,6H,2-3H2,(H,10,11);/q;+1/p-1. The van der Waals surface area contributed by atoms with E-state index < -0.39 is 5.97 Å². The molecule has 13 heavy (non-hydrogen) atoms. The summed E-state index contributed by atoms with van der Waals surface area (Å²) in [5, 5.41) is 10.5. The zero-order valence-electron chi connectivity index (χ0n) is 7.15. The number of amides is 1. The minimum absolute atomic E-state index is 0. The number of rotatable bonds is 1. The molecule has 0 spiro atoms. The van der Waals surface area contributed by atoms with E-state index in [1.54, 1.807) is 6.08 Å². The number of carboxylic acids is 1. The maximum atomic E-state index is 11.1. The first-order valence-corrected chi connectivity index (χ1v) is 4.60. The number of aliphatic carboxylic acids is 1. The molecule has 1 atom stereocenters. The Labute approximate surface area is 102 Å². The molecule has 0 aliphatic carbocycles. The van der Waals surface area contributed by atoms with Gasteiger partial charge in [-0.1, -0.05) is 6.08 Å². The topological polar surface area (TPSA) is 60.4 Å². The van der Waals surface area contributed by atoms with Gasteiger partial charge in [0.25, 0.3) is 0 Å². The molecule has 1 unspecified atom stereocenters. The monoisotopic (exact) mass is 207 g/mol. The van der Waals surface area contributed by atoms with Crippen molar-refractivity contribution in [1.29, 1.82) is 0 Å². The summed E-state index contributed by atoms with van der Waals surface area (Å²) in [5.41, 5.74) is 0.0370. The molecule has 0 bridgehead atoms. The fourth-order valence-electron chi connectivity index (χ4n) is 1.43. The third-order valence-corrected chi connectivity index (χ3v) is 3.14. The van der Waals surface area contributed by atoms with Crippen molar-refractivity contribution in [3.05, 3.63) is 11.8 Å². The van der Waals surface area contributed by atoms with Crippen molar-refractivity contribution < 1.29 is 44.3 Å². The fraction of sp³-hybridized carbons (Fsp3) is 0.429. The molecule has 2 aliphatic heterocycles. The Balaban J connectivity index is 0.000000845. The number of hydrogen-bond acceptors (Lipinski definition) is 4. The zero-order chi connectivity index (χ0) is 8.72. The Bertz CT molecular complexity index is 291. The van der Waals surface area contributed by atoms with Gasteiger partial charge in [-0.2, -0.15) is 0 Å². The number of carbonyl (C=O) groups excluding carboxylic acids is 2. The Hall–Kier alpha value is 0.0300. The maximum Gasteiger partial charge on any atom is 1.00 e. The largest absolute Gasteiger partial charge is 1.00 e. The maximum absolute atomic E-state index is 11.1. The minimum atomic E-state index is -1.26. The van der Waals surface area contributed by atoms with Gasteiger partial charge < -0.3 is 9.90 Å². The molecule has 2 heterocycles. The van der Waals surface area contributed by atoms with Crippen LogP contribution in [0.5, 0.6) is 0 Å². The molecular weight excluding hydrogens is 201 g/mol. The van der Waals surface area contributed by atoms with Gasteiger partial charge in [-0.3, -0.25) is 9.69 Å². The van der Waals surface area contributed by atoms with Crippen LogP contribution >= 0.6 is 11.8 Å². The van der Waals surface area contributed by atoms with Crippen LogP contribution in [-0.2, 0) is 9.59 Å². The summed E-state index contributed by atoms with van der Waals surface area (Å²) >= 11 is 1.48. The predicted octanol–water partition coefficient (Wildman–Crippen LogP) is -4.07. The van der Waals surface area contributed by atoms with Crippen LogP contribution in [0, 0.1) is 0 Å².